The molecule has 0 saturated carbocycles. The van der Waals surface area contributed by atoms with Crippen LogP contribution in [0.1, 0.15) is 6.92 Å². The molecule has 0 spiro atoms. The molecule has 0 aliphatic rings. The zero-order chi connectivity index (χ0) is 9.68. The van der Waals surface area contributed by atoms with Crippen molar-refractivity contribution in [2.45, 2.75) is 12.3 Å². The molecule has 13 heavy (non-hydrogen) atoms. The molecule has 1 heterocycles. The molecule has 1 N–H and O–H groups in total. The molecule has 0 radical (unpaired) electrons. The normalized spacial score (nSPS) is 12.2. The predicted octanol–water partition coefficient (Wildman–Crippen LogP) is 1.52. The second-order valence-corrected chi connectivity index (χ2v) is 3.35. The van der Waals surface area contributed by atoms with Crippen LogP contribution in [0.2, 0.25) is 0 Å². The van der Waals surface area contributed by atoms with Gasteiger partial charge < -0.3 is 10.1 Å². The lowest BCUT2D eigenvalue weighted by Crippen LogP contribution is -2.11. The first kappa shape index (κ1) is 10.1. The van der Waals surface area contributed by atoms with Crippen molar-refractivity contribution >= 4 is 17.4 Å². The molecule has 5 heteroatoms. The zero-order valence-electron chi connectivity index (χ0n) is 7.62. The number of alkyl halides is 1. The lowest BCUT2D eigenvalue weighted by molar-refractivity contribution is 0.397. The van der Waals surface area contributed by atoms with Crippen LogP contribution >= 0.6 is 11.6 Å². The van der Waals surface area contributed by atoms with E-state index in [1.807, 2.05) is 6.92 Å². The maximum Gasteiger partial charge on any atom is 0.218 e. The average molecular weight is 202 g/mol. The van der Waals surface area contributed by atoms with Gasteiger partial charge in [-0.2, -0.15) is 0 Å². The average Bonchev–Trinajstić information content (AvgIpc) is 2.15. The highest BCUT2D eigenvalue weighted by Gasteiger charge is 1.99. The zero-order valence-corrected chi connectivity index (χ0v) is 8.38. The van der Waals surface area contributed by atoms with Crippen LogP contribution in [0.4, 0.5) is 5.82 Å². The van der Waals surface area contributed by atoms with Crippen LogP contribution in [0.15, 0.2) is 12.4 Å². The van der Waals surface area contributed by atoms with E-state index in [4.69, 9.17) is 16.3 Å². The van der Waals surface area contributed by atoms with Crippen molar-refractivity contribution in [2.24, 2.45) is 0 Å². The lowest BCUT2D eigenvalue weighted by atomic mass is 10.4. The van der Waals surface area contributed by atoms with E-state index >= 15 is 0 Å². The minimum atomic E-state index is 0.0703. The van der Waals surface area contributed by atoms with E-state index in [9.17, 15) is 0 Å². The number of halogens is 1. The van der Waals surface area contributed by atoms with Crippen molar-refractivity contribution in [1.82, 2.24) is 9.97 Å². The van der Waals surface area contributed by atoms with Crippen molar-refractivity contribution < 1.29 is 4.74 Å². The molecule has 1 unspecified atom stereocenters. The molecule has 1 rings (SSSR count). The van der Waals surface area contributed by atoms with E-state index in [-0.39, 0.29) is 5.38 Å². The summed E-state index contributed by atoms with van der Waals surface area (Å²) in [5, 5.41) is 3.13. The Bertz CT molecular complexity index is 267. The highest BCUT2D eigenvalue weighted by atomic mass is 35.5. The first-order chi connectivity index (χ1) is 6.22. The number of methoxy groups -OCH3 is 1. The van der Waals surface area contributed by atoms with Crippen molar-refractivity contribution in [3.8, 4) is 5.88 Å². The summed E-state index contributed by atoms with van der Waals surface area (Å²) in [6.07, 6.45) is 1.44. The SMILES string of the molecule is COc1cc(NCC(C)Cl)ncn1. The van der Waals surface area contributed by atoms with Gasteiger partial charge in [-0.05, 0) is 6.92 Å². The summed E-state index contributed by atoms with van der Waals surface area (Å²) < 4.78 is 4.94. The first-order valence-corrected chi connectivity index (χ1v) is 4.40. The fraction of sp³-hybridized carbons (Fsp3) is 0.500. The molecule has 72 valence electrons. The van der Waals surface area contributed by atoms with E-state index in [2.05, 4.69) is 15.3 Å². The van der Waals surface area contributed by atoms with E-state index in [0.717, 1.165) is 5.82 Å². The third-order valence-electron chi connectivity index (χ3n) is 1.42. The second kappa shape index (κ2) is 4.87. The van der Waals surface area contributed by atoms with Crippen molar-refractivity contribution in [2.75, 3.05) is 19.0 Å². The number of hydrogen-bond acceptors (Lipinski definition) is 4. The molecular weight excluding hydrogens is 190 g/mol. The summed E-state index contributed by atoms with van der Waals surface area (Å²) >= 11 is 5.76. The van der Waals surface area contributed by atoms with Crippen LogP contribution in [-0.2, 0) is 0 Å². The monoisotopic (exact) mass is 201 g/mol. The Morgan fingerprint density at radius 3 is 3.00 bits per heavy atom. The minimum absolute atomic E-state index is 0.0703. The van der Waals surface area contributed by atoms with Crippen molar-refractivity contribution in [3.63, 3.8) is 0 Å². The van der Waals surface area contributed by atoms with Gasteiger partial charge in [0, 0.05) is 18.0 Å². The quantitative estimate of drug-likeness (QED) is 0.751. The largest absolute Gasteiger partial charge is 0.481 e. The second-order valence-electron chi connectivity index (χ2n) is 2.61. The van der Waals surface area contributed by atoms with Gasteiger partial charge >= 0.3 is 0 Å². The Hall–Kier alpha value is -1.03. The van der Waals surface area contributed by atoms with Crippen LogP contribution in [0.25, 0.3) is 0 Å². The van der Waals surface area contributed by atoms with E-state index in [0.29, 0.717) is 12.4 Å². The Morgan fingerprint density at radius 1 is 1.62 bits per heavy atom. The Balaban J connectivity index is 2.56. The summed E-state index contributed by atoms with van der Waals surface area (Å²) in [6, 6.07) is 1.72. The van der Waals surface area contributed by atoms with Gasteiger partial charge in [0.1, 0.15) is 12.1 Å². The molecule has 1 aromatic heterocycles. The first-order valence-electron chi connectivity index (χ1n) is 3.96. The van der Waals surface area contributed by atoms with Gasteiger partial charge in [0.05, 0.1) is 7.11 Å². The van der Waals surface area contributed by atoms with Crippen LogP contribution < -0.4 is 10.1 Å². The van der Waals surface area contributed by atoms with Crippen LogP contribution in [0, 0.1) is 0 Å². The van der Waals surface area contributed by atoms with Gasteiger partial charge in [-0.15, -0.1) is 11.6 Å². The summed E-state index contributed by atoms with van der Waals surface area (Å²) in [5.41, 5.74) is 0. The van der Waals surface area contributed by atoms with E-state index < -0.39 is 0 Å². The lowest BCUT2D eigenvalue weighted by Gasteiger charge is -2.06. The molecule has 0 amide bonds. The van der Waals surface area contributed by atoms with Gasteiger partial charge in [0.15, 0.2) is 0 Å². The number of nitrogens with zero attached hydrogens (tertiary/aromatic N) is 2. The highest BCUT2D eigenvalue weighted by Crippen LogP contribution is 2.10. The Kier molecular flexibility index (Phi) is 3.76. The number of aromatic nitrogens is 2. The van der Waals surface area contributed by atoms with Gasteiger partial charge in [0.25, 0.3) is 0 Å². The molecule has 1 aromatic rings. The standard InChI is InChI=1S/C8H12ClN3O/c1-6(9)4-10-7-3-8(13-2)12-5-11-7/h3,5-6H,4H2,1-2H3,(H,10,11,12). The molecule has 4 nitrogen and oxygen atoms in total. The molecule has 0 aromatic carbocycles. The maximum absolute atomic E-state index is 5.76. The van der Waals surface area contributed by atoms with Crippen LogP contribution in [0.5, 0.6) is 5.88 Å². The van der Waals surface area contributed by atoms with E-state index in [1.54, 1.807) is 13.2 Å². The Morgan fingerprint density at radius 2 is 2.38 bits per heavy atom. The van der Waals surface area contributed by atoms with Crippen molar-refractivity contribution in [1.29, 1.82) is 0 Å². The van der Waals surface area contributed by atoms with Gasteiger partial charge in [-0.3, -0.25) is 0 Å². The highest BCUT2D eigenvalue weighted by molar-refractivity contribution is 6.20. The molecular formula is C8H12ClN3O. The fourth-order valence-electron chi connectivity index (χ4n) is 0.793. The summed E-state index contributed by atoms with van der Waals surface area (Å²) in [4.78, 5) is 7.88. The fourth-order valence-corrected chi connectivity index (χ4v) is 0.870. The number of hydrogen-bond donors (Lipinski definition) is 1. The summed E-state index contributed by atoms with van der Waals surface area (Å²) in [5.74, 6) is 1.26. The molecule has 1 atom stereocenters. The summed E-state index contributed by atoms with van der Waals surface area (Å²) in [7, 11) is 1.57. The molecule has 0 aliphatic heterocycles. The minimum Gasteiger partial charge on any atom is -0.481 e. The topological polar surface area (TPSA) is 47.0 Å². The number of anilines is 1. The van der Waals surface area contributed by atoms with Gasteiger partial charge in [-0.1, -0.05) is 0 Å². The maximum atomic E-state index is 5.76. The molecule has 0 saturated heterocycles. The molecule has 0 aliphatic carbocycles. The number of nitrogens with one attached hydrogen (secondary N) is 1. The van der Waals surface area contributed by atoms with Crippen molar-refractivity contribution in [3.05, 3.63) is 12.4 Å². The summed E-state index contributed by atoms with van der Waals surface area (Å²) in [6.45, 7) is 2.58. The number of rotatable bonds is 4. The molecule has 0 fully saturated rings. The third-order valence-corrected chi connectivity index (χ3v) is 1.57. The van der Waals surface area contributed by atoms with Crippen LogP contribution in [-0.4, -0.2) is 29.0 Å². The number of ether oxygens (including phenoxy) is 1. The smallest absolute Gasteiger partial charge is 0.218 e. The van der Waals surface area contributed by atoms with Gasteiger partial charge in [-0.25, -0.2) is 9.97 Å². The van der Waals surface area contributed by atoms with E-state index in [1.165, 1.54) is 6.33 Å². The third kappa shape index (κ3) is 3.46. The Labute approximate surface area is 82.3 Å². The van der Waals surface area contributed by atoms with Gasteiger partial charge in [0.2, 0.25) is 5.88 Å². The van der Waals surface area contributed by atoms with Crippen LogP contribution in [0.3, 0.4) is 0 Å². The predicted molar refractivity (Wildman–Crippen MR) is 52.4 cm³/mol. The molecule has 0 bridgehead atoms.